The first-order valence-corrected chi connectivity index (χ1v) is 15.4. The Bertz CT molecular complexity index is 1900. The summed E-state index contributed by atoms with van der Waals surface area (Å²) in [6, 6.07) is 9.97. The lowest BCUT2D eigenvalue weighted by Gasteiger charge is -2.40. The van der Waals surface area contributed by atoms with Crippen molar-refractivity contribution in [1.82, 2.24) is 34.4 Å². The number of nitrogens with one attached hydrogen (secondary N) is 2. The summed E-state index contributed by atoms with van der Waals surface area (Å²) in [6.45, 7) is 8.75. The molecule has 1 saturated heterocycles. The van der Waals surface area contributed by atoms with Gasteiger partial charge in [0.15, 0.2) is 0 Å². The summed E-state index contributed by atoms with van der Waals surface area (Å²) in [5.74, 6) is -0.537. The first-order chi connectivity index (χ1) is 21.5. The Morgan fingerprint density at radius 2 is 1.82 bits per heavy atom. The van der Waals surface area contributed by atoms with Gasteiger partial charge in [0.25, 0.3) is 0 Å². The lowest BCUT2D eigenvalue weighted by molar-refractivity contribution is 0.0866. The quantitative estimate of drug-likeness (QED) is 0.190. The Morgan fingerprint density at radius 3 is 2.49 bits per heavy atom. The summed E-state index contributed by atoms with van der Waals surface area (Å²) >= 11 is 12.8. The third-order valence-corrected chi connectivity index (χ3v) is 8.88. The van der Waals surface area contributed by atoms with Crippen LogP contribution in [0.4, 0.5) is 21.5 Å². The highest BCUT2D eigenvalue weighted by molar-refractivity contribution is 6.36. The van der Waals surface area contributed by atoms with E-state index in [0.29, 0.717) is 38.6 Å². The number of piperidine rings is 1. The van der Waals surface area contributed by atoms with Crippen LogP contribution >= 0.6 is 23.2 Å². The molecule has 0 spiro atoms. The van der Waals surface area contributed by atoms with Crippen LogP contribution < -0.4 is 10.6 Å². The van der Waals surface area contributed by atoms with E-state index in [2.05, 4.69) is 62.7 Å². The smallest absolute Gasteiger partial charge is 0.141 e. The number of aryl methyl sites for hydroxylation is 1. The second-order valence-electron chi connectivity index (χ2n) is 12.3. The van der Waals surface area contributed by atoms with Crippen molar-refractivity contribution >= 4 is 51.2 Å². The molecule has 1 atom stereocenters. The summed E-state index contributed by atoms with van der Waals surface area (Å²) in [5, 5.41) is 26.8. The minimum Gasteiger partial charge on any atom is -0.371 e. The molecule has 232 valence electrons. The molecule has 5 aromatic rings. The summed E-state index contributed by atoms with van der Waals surface area (Å²) in [7, 11) is 1.93. The van der Waals surface area contributed by atoms with Gasteiger partial charge >= 0.3 is 0 Å². The van der Waals surface area contributed by atoms with Crippen LogP contribution in [-0.4, -0.2) is 53.1 Å². The van der Waals surface area contributed by atoms with Crippen molar-refractivity contribution in [3.63, 3.8) is 0 Å². The first kappa shape index (κ1) is 30.8. The van der Waals surface area contributed by atoms with Gasteiger partial charge in [-0.25, -0.2) is 14.1 Å². The van der Waals surface area contributed by atoms with E-state index in [0.717, 1.165) is 37.3 Å². The van der Waals surface area contributed by atoms with E-state index in [-0.39, 0.29) is 16.6 Å². The Hall–Kier alpha value is -4.24. The number of imidazole rings is 1. The molecule has 0 radical (unpaired) electrons. The summed E-state index contributed by atoms with van der Waals surface area (Å²) in [6.07, 6.45) is 8.98. The predicted octanol–water partition coefficient (Wildman–Crippen LogP) is 7.26. The molecule has 6 rings (SSSR count). The molecule has 0 amide bonds. The van der Waals surface area contributed by atoms with Crippen molar-refractivity contribution in [3.8, 4) is 6.07 Å². The molecule has 13 heteroatoms. The second-order valence-corrected chi connectivity index (χ2v) is 13.1. The van der Waals surface area contributed by atoms with Gasteiger partial charge in [0, 0.05) is 48.6 Å². The average Bonchev–Trinajstić information content (AvgIpc) is 3.67. The predicted molar refractivity (Wildman–Crippen MR) is 174 cm³/mol. The van der Waals surface area contributed by atoms with Crippen molar-refractivity contribution in [1.29, 1.82) is 5.26 Å². The van der Waals surface area contributed by atoms with Crippen LogP contribution in [0.1, 0.15) is 62.6 Å². The van der Waals surface area contributed by atoms with E-state index in [1.807, 2.05) is 28.6 Å². The number of nitriles is 1. The van der Waals surface area contributed by atoms with Gasteiger partial charge in [0.2, 0.25) is 0 Å². The van der Waals surface area contributed by atoms with Gasteiger partial charge in [-0.3, -0.25) is 9.88 Å². The lowest BCUT2D eigenvalue weighted by atomic mass is 9.98. The topological polar surface area (TPSA) is 113 Å². The van der Waals surface area contributed by atoms with Crippen LogP contribution in [0.5, 0.6) is 0 Å². The number of likely N-dealkylation sites (tertiary alicyclic amines) is 1. The molecule has 1 unspecified atom stereocenters. The van der Waals surface area contributed by atoms with E-state index in [9.17, 15) is 9.65 Å². The van der Waals surface area contributed by atoms with Crippen LogP contribution in [0.25, 0.3) is 10.9 Å². The van der Waals surface area contributed by atoms with E-state index in [1.54, 1.807) is 24.7 Å². The minimum absolute atomic E-state index is 0.0379. The number of hydrogen-bond acceptors (Lipinski definition) is 8. The number of aromatic nitrogens is 6. The molecule has 2 aromatic carbocycles. The van der Waals surface area contributed by atoms with Gasteiger partial charge in [-0.05, 0) is 63.9 Å². The molecule has 10 nitrogen and oxygen atoms in total. The van der Waals surface area contributed by atoms with Crippen molar-refractivity contribution in [3.05, 3.63) is 88.1 Å². The number of benzene rings is 2. The number of halogens is 3. The van der Waals surface area contributed by atoms with Gasteiger partial charge in [0.1, 0.15) is 23.6 Å². The third-order valence-electron chi connectivity index (χ3n) is 8.31. The number of pyridine rings is 1. The highest BCUT2D eigenvalue weighted by atomic mass is 35.5. The highest BCUT2D eigenvalue weighted by Gasteiger charge is 2.29. The maximum atomic E-state index is 13.8. The van der Waals surface area contributed by atoms with Crippen molar-refractivity contribution < 1.29 is 4.39 Å². The molecular formula is C32H33Cl2FN10. The van der Waals surface area contributed by atoms with Crippen LogP contribution in [0.2, 0.25) is 10.0 Å². The summed E-state index contributed by atoms with van der Waals surface area (Å²) in [5.41, 5.74) is 4.20. The van der Waals surface area contributed by atoms with Gasteiger partial charge < -0.3 is 15.2 Å². The molecule has 0 aliphatic carbocycles. The Kier molecular flexibility index (Phi) is 8.39. The molecule has 0 bridgehead atoms. The van der Waals surface area contributed by atoms with Crippen LogP contribution in [0.3, 0.4) is 0 Å². The number of nitrogens with zero attached hydrogens (tertiary/aromatic N) is 8. The molecular weight excluding hydrogens is 614 g/mol. The molecule has 1 fully saturated rings. The van der Waals surface area contributed by atoms with Crippen LogP contribution in [0.15, 0.2) is 55.2 Å². The zero-order valence-corrected chi connectivity index (χ0v) is 26.9. The highest BCUT2D eigenvalue weighted by Crippen LogP contribution is 2.37. The summed E-state index contributed by atoms with van der Waals surface area (Å²) in [4.78, 5) is 11.3. The van der Waals surface area contributed by atoms with E-state index in [4.69, 9.17) is 23.2 Å². The monoisotopic (exact) mass is 646 g/mol. The standard InChI is InChI=1S/C32H33Cl2FN10/c1-32(2,3)44-9-7-22(8-10-44)45-17-27(41-42-45)31(28-16-37-18-43(28)4)40-21-11-23-29(39-20-5-6-26(35)24(33)12-20)19(14-36)15-38-30(23)25(34)13-21/h5-6,11-13,15-18,22,31,40H,7-10H2,1-4H3,(H,38,39). The van der Waals surface area contributed by atoms with Gasteiger partial charge in [-0.1, -0.05) is 28.4 Å². The van der Waals surface area contributed by atoms with Crippen LogP contribution in [0, 0.1) is 17.1 Å². The molecule has 1 aliphatic heterocycles. The van der Waals surface area contributed by atoms with Gasteiger partial charge in [-0.2, -0.15) is 5.26 Å². The number of anilines is 3. The fourth-order valence-electron chi connectivity index (χ4n) is 5.79. The minimum atomic E-state index is -0.537. The fourth-order valence-corrected chi connectivity index (χ4v) is 6.24. The van der Waals surface area contributed by atoms with E-state index < -0.39 is 11.9 Å². The zero-order chi connectivity index (χ0) is 31.9. The average molecular weight is 648 g/mol. The van der Waals surface area contributed by atoms with Crippen molar-refractivity contribution in [2.45, 2.75) is 51.2 Å². The van der Waals surface area contributed by atoms with Crippen molar-refractivity contribution in [2.24, 2.45) is 7.05 Å². The Balaban J connectivity index is 1.35. The van der Waals surface area contributed by atoms with E-state index in [1.165, 1.54) is 18.3 Å². The van der Waals surface area contributed by atoms with Crippen molar-refractivity contribution in [2.75, 3.05) is 23.7 Å². The number of hydrogen-bond donors (Lipinski definition) is 2. The van der Waals surface area contributed by atoms with Gasteiger partial charge in [0.05, 0.1) is 57.3 Å². The maximum absolute atomic E-state index is 13.8. The zero-order valence-electron chi connectivity index (χ0n) is 25.4. The second kappa shape index (κ2) is 12.3. The largest absolute Gasteiger partial charge is 0.371 e. The maximum Gasteiger partial charge on any atom is 0.141 e. The molecule has 3 aromatic heterocycles. The lowest BCUT2D eigenvalue weighted by Crippen LogP contribution is -2.46. The molecule has 4 heterocycles. The molecule has 1 aliphatic rings. The first-order valence-electron chi connectivity index (χ1n) is 14.7. The number of fused-ring (bicyclic) bond motifs is 1. The van der Waals surface area contributed by atoms with Gasteiger partial charge in [-0.15, -0.1) is 5.10 Å². The fraction of sp³-hybridized carbons (Fsp3) is 0.344. The summed E-state index contributed by atoms with van der Waals surface area (Å²) < 4.78 is 17.8. The van der Waals surface area contributed by atoms with E-state index >= 15 is 0 Å². The molecule has 0 saturated carbocycles. The molecule has 45 heavy (non-hydrogen) atoms. The normalized spacial score (nSPS) is 15.2. The Morgan fingerprint density at radius 1 is 1.07 bits per heavy atom. The van der Waals surface area contributed by atoms with Crippen LogP contribution in [-0.2, 0) is 7.05 Å². The SMILES string of the molecule is Cn1cncc1C(Nc1cc(Cl)c2ncc(C#N)c(Nc3ccc(F)c(Cl)c3)c2c1)c1cn(C2CCN(C(C)(C)C)CC2)nn1. The third kappa shape index (κ3) is 6.31. The Labute approximate surface area is 270 Å². The molecule has 2 N–H and O–H groups in total. The number of rotatable bonds is 7.